The van der Waals surface area contributed by atoms with Crippen LogP contribution in [0.5, 0.6) is 0 Å². The molecule has 2 aromatic rings. The normalized spacial score (nSPS) is 26.9. The summed E-state index contributed by atoms with van der Waals surface area (Å²) in [6.45, 7) is 0.871. The molecule has 186 valence electrons. The predicted octanol–water partition coefficient (Wildman–Crippen LogP) is -0.553. The largest absolute Gasteiger partial charge is 0.388 e. The van der Waals surface area contributed by atoms with E-state index >= 15 is 0 Å². The number of hydrogen-bond acceptors (Lipinski definition) is 7. The number of fused-ring (bicyclic) bond motifs is 1. The molecule has 0 amide bonds. The Labute approximate surface area is 220 Å². The van der Waals surface area contributed by atoms with Crippen LogP contribution in [0.2, 0.25) is 10.4 Å². The highest BCUT2D eigenvalue weighted by Gasteiger charge is 2.48. The van der Waals surface area contributed by atoms with E-state index in [1.54, 1.807) is 0 Å². The molecule has 2 fully saturated rings. The van der Waals surface area contributed by atoms with Gasteiger partial charge in [-0.1, -0.05) is 10.4 Å². The Kier molecular flexibility index (Phi) is 6.73. The monoisotopic (exact) mass is 521 g/mol. The van der Waals surface area contributed by atoms with E-state index in [4.69, 9.17) is 39.2 Å². The van der Waals surface area contributed by atoms with Crippen molar-refractivity contribution in [3.8, 4) is 0 Å². The summed E-state index contributed by atoms with van der Waals surface area (Å²) < 4.78 is 54.3. The molecule has 0 spiro atoms. The van der Waals surface area contributed by atoms with E-state index in [9.17, 15) is 27.1 Å². The van der Waals surface area contributed by atoms with Gasteiger partial charge >= 0.3 is 0 Å². The Morgan fingerprint density at radius 1 is 1.22 bits per heavy atom. The fraction of sp³-hybridized carbons (Fsp3) is 0.650. The SMILES string of the molecule is [B]C(F)(F)c1cc2cnc(NC3C([B])([B])CN(S(C)(=O)=O)CC3([B])[B])nc2n([C@@H]2CCC[C@@]2(C)O)c1=O. The van der Waals surface area contributed by atoms with E-state index in [1.165, 1.54) is 13.1 Å². The average molecular weight is 521 g/mol. The van der Waals surface area contributed by atoms with Crippen LogP contribution >= 0.6 is 0 Å². The molecule has 2 N–H and O–H groups in total. The molecule has 10 radical (unpaired) electrons. The number of nitrogens with one attached hydrogen (secondary N) is 1. The van der Waals surface area contributed by atoms with Gasteiger partial charge in [0.1, 0.15) is 5.65 Å². The number of aromatic nitrogens is 3. The fourth-order valence-electron chi connectivity index (χ4n) is 5.24. The van der Waals surface area contributed by atoms with Crippen LogP contribution in [0.1, 0.15) is 37.8 Å². The van der Waals surface area contributed by atoms with Crippen molar-refractivity contribution in [2.24, 2.45) is 0 Å². The quantitative estimate of drug-likeness (QED) is 0.508. The summed E-state index contributed by atoms with van der Waals surface area (Å²) >= 11 is 0. The van der Waals surface area contributed by atoms with Crippen molar-refractivity contribution in [2.45, 2.75) is 60.1 Å². The van der Waals surface area contributed by atoms with Crippen molar-refractivity contribution in [1.82, 2.24) is 18.8 Å². The van der Waals surface area contributed by atoms with Gasteiger partial charge in [-0.05, 0) is 32.3 Å². The van der Waals surface area contributed by atoms with E-state index in [0.717, 1.165) is 21.2 Å². The topological polar surface area (TPSA) is 117 Å². The first kappa shape index (κ1) is 28.2. The third-order valence-corrected chi connectivity index (χ3v) is 8.24. The number of hydrogen-bond donors (Lipinski definition) is 2. The van der Waals surface area contributed by atoms with Crippen molar-refractivity contribution < 1.29 is 22.3 Å². The minimum atomic E-state index is -3.95. The smallest absolute Gasteiger partial charge is 0.260 e. The number of alkyl halides is 2. The van der Waals surface area contributed by atoms with Gasteiger partial charge in [-0.3, -0.25) is 9.36 Å². The minimum Gasteiger partial charge on any atom is -0.388 e. The number of anilines is 1. The lowest BCUT2D eigenvalue weighted by Crippen LogP contribution is -2.60. The highest BCUT2D eigenvalue weighted by molar-refractivity contribution is 7.88. The van der Waals surface area contributed by atoms with Crippen LogP contribution in [0.4, 0.5) is 14.7 Å². The Bertz CT molecular complexity index is 1380. The number of halogens is 2. The summed E-state index contributed by atoms with van der Waals surface area (Å²) in [4.78, 5) is 21.7. The summed E-state index contributed by atoms with van der Waals surface area (Å²) in [7, 11) is 26.1. The summed E-state index contributed by atoms with van der Waals surface area (Å²) in [5, 5.41) is 10.2. The predicted molar refractivity (Wildman–Crippen MR) is 139 cm³/mol. The standard InChI is InChI=1S/C20H22B5F2N5O4S/c1-17(34)5-3-4-12(17)32-13-10(6-11(14(32)33)20(25,26)27)7-28-16(29-13)30-15-18(21,22)8-31(37(2,35)36)9-19(15,23)24/h6-7,12,15,34H,3-5,8-9H2,1-2H3,(H,28,29,30)/t12-,17-/m1/s1. The van der Waals surface area contributed by atoms with Crippen LogP contribution in [-0.4, -0.2) is 103 Å². The number of pyridine rings is 1. The Balaban J connectivity index is 1.83. The lowest BCUT2D eigenvalue weighted by molar-refractivity contribution is 0.0256. The number of aliphatic hydroxyl groups is 1. The lowest BCUT2D eigenvalue weighted by atomic mass is 9.36. The molecule has 0 unspecified atom stereocenters. The van der Waals surface area contributed by atoms with Gasteiger partial charge in [-0.2, -0.15) is 4.98 Å². The second kappa shape index (κ2) is 8.84. The van der Waals surface area contributed by atoms with E-state index in [0.29, 0.717) is 19.3 Å². The maximum absolute atomic E-state index is 14.1. The molecular formula is C20H22B5F2N5O4S. The molecule has 17 heteroatoms. The third-order valence-electron chi connectivity index (χ3n) is 7.04. The maximum atomic E-state index is 14.1. The molecule has 1 aliphatic carbocycles. The molecule has 37 heavy (non-hydrogen) atoms. The van der Waals surface area contributed by atoms with Crippen LogP contribution in [0.25, 0.3) is 11.0 Å². The highest BCUT2D eigenvalue weighted by atomic mass is 32.2. The average Bonchev–Trinajstić information content (AvgIpc) is 3.06. The zero-order chi connectivity index (χ0) is 27.8. The molecule has 1 aliphatic heterocycles. The van der Waals surface area contributed by atoms with Crippen molar-refractivity contribution >= 4 is 66.2 Å². The van der Waals surface area contributed by atoms with Crippen LogP contribution in [-0.2, 0) is 15.8 Å². The van der Waals surface area contributed by atoms with Gasteiger partial charge in [-0.15, -0.1) is 0 Å². The first-order valence-electron chi connectivity index (χ1n) is 11.4. The van der Waals surface area contributed by atoms with Gasteiger partial charge in [0.15, 0.2) is 7.85 Å². The maximum Gasteiger partial charge on any atom is 0.260 e. The van der Waals surface area contributed by atoms with E-state index < -0.39 is 55.1 Å². The molecule has 2 aromatic heterocycles. The first-order valence-corrected chi connectivity index (χ1v) is 13.3. The van der Waals surface area contributed by atoms with Gasteiger partial charge in [0, 0.05) is 30.7 Å². The van der Waals surface area contributed by atoms with Crippen molar-refractivity contribution in [3.63, 3.8) is 0 Å². The van der Waals surface area contributed by atoms with Crippen LogP contribution in [0, 0.1) is 0 Å². The molecular weight excluding hydrogens is 498 g/mol. The molecule has 9 nitrogen and oxygen atoms in total. The molecule has 1 saturated carbocycles. The Morgan fingerprint density at radius 2 is 1.81 bits per heavy atom. The number of sulfonamides is 1. The van der Waals surface area contributed by atoms with E-state index in [1.807, 2.05) is 0 Å². The van der Waals surface area contributed by atoms with E-state index in [-0.39, 0.29) is 30.1 Å². The number of nitrogens with zero attached hydrogens (tertiary/aromatic N) is 4. The van der Waals surface area contributed by atoms with Crippen molar-refractivity contribution in [2.75, 3.05) is 24.7 Å². The summed E-state index contributed by atoms with van der Waals surface area (Å²) in [5.74, 6) is -4.09. The summed E-state index contributed by atoms with van der Waals surface area (Å²) in [6.07, 6.45) is 3.39. The zero-order valence-corrected chi connectivity index (χ0v) is 21.2. The molecule has 1 saturated heterocycles. The lowest BCUT2D eigenvalue weighted by Gasteiger charge is -2.54. The van der Waals surface area contributed by atoms with Gasteiger partial charge < -0.3 is 10.4 Å². The van der Waals surface area contributed by atoms with Crippen molar-refractivity contribution in [1.29, 1.82) is 0 Å². The Hall–Kier alpha value is -1.86. The fourth-order valence-corrected chi connectivity index (χ4v) is 6.15. The zero-order valence-electron chi connectivity index (χ0n) is 20.4. The van der Waals surface area contributed by atoms with Crippen LogP contribution < -0.4 is 10.9 Å². The van der Waals surface area contributed by atoms with Crippen LogP contribution in [0.3, 0.4) is 0 Å². The number of rotatable bonds is 5. The van der Waals surface area contributed by atoms with Gasteiger partial charge in [0.2, 0.25) is 21.8 Å². The second-order valence-electron chi connectivity index (χ2n) is 10.4. The molecule has 0 bridgehead atoms. The molecule has 2 atom stereocenters. The van der Waals surface area contributed by atoms with Crippen molar-refractivity contribution in [3.05, 3.63) is 28.2 Å². The summed E-state index contributed by atoms with van der Waals surface area (Å²) in [5.41, 5.74) is -3.48. The van der Waals surface area contributed by atoms with Gasteiger partial charge in [0.05, 0.1) is 54.8 Å². The molecule has 0 aromatic carbocycles. The molecule has 2 aliphatic rings. The van der Waals surface area contributed by atoms with Crippen LogP contribution in [0.15, 0.2) is 17.1 Å². The summed E-state index contributed by atoms with van der Waals surface area (Å²) in [6, 6.07) is -1.12. The number of piperidine rings is 1. The van der Waals surface area contributed by atoms with Gasteiger partial charge in [0.25, 0.3) is 5.56 Å². The molecule has 4 rings (SSSR count). The first-order chi connectivity index (χ1) is 16.7. The highest BCUT2D eigenvalue weighted by Crippen LogP contribution is 2.45. The van der Waals surface area contributed by atoms with Gasteiger partial charge in [-0.25, -0.2) is 26.5 Å². The third kappa shape index (κ3) is 5.23. The second-order valence-corrected chi connectivity index (χ2v) is 12.4. The van der Waals surface area contributed by atoms with E-state index in [2.05, 4.69) is 15.3 Å². The molecule has 3 heterocycles. The minimum absolute atomic E-state index is 0.0458. The Morgan fingerprint density at radius 3 is 2.30 bits per heavy atom.